The van der Waals surface area contributed by atoms with E-state index in [1.165, 1.54) is 18.2 Å². The Morgan fingerprint density at radius 3 is 2.35 bits per heavy atom. The van der Waals surface area contributed by atoms with E-state index in [1.54, 1.807) is 20.8 Å². The summed E-state index contributed by atoms with van der Waals surface area (Å²) in [6.45, 7) is 4.13. The SMILES string of the molecule is CC(C)(C)OC(=O)NCC(CCO)(C(=O)O)c1ccccc1F. The molecule has 0 saturated heterocycles. The summed E-state index contributed by atoms with van der Waals surface area (Å²) >= 11 is 0. The molecule has 3 N–H and O–H groups in total. The molecule has 0 aliphatic heterocycles. The normalized spacial score (nSPS) is 14.0. The molecule has 0 aliphatic rings. The summed E-state index contributed by atoms with van der Waals surface area (Å²) in [6.07, 6.45) is -1.06. The highest BCUT2D eigenvalue weighted by atomic mass is 19.1. The van der Waals surface area contributed by atoms with Crippen LogP contribution in [0.4, 0.5) is 9.18 Å². The number of carbonyl (C=O) groups excluding carboxylic acids is 1. The van der Waals surface area contributed by atoms with Crippen LogP contribution >= 0.6 is 0 Å². The minimum Gasteiger partial charge on any atom is -0.481 e. The minimum atomic E-state index is -1.78. The highest BCUT2D eigenvalue weighted by Gasteiger charge is 2.42. The Balaban J connectivity index is 3.09. The molecule has 1 unspecified atom stereocenters. The van der Waals surface area contributed by atoms with E-state index in [4.69, 9.17) is 4.74 Å². The fourth-order valence-corrected chi connectivity index (χ4v) is 2.19. The second-order valence-electron chi connectivity index (χ2n) is 6.20. The van der Waals surface area contributed by atoms with Gasteiger partial charge in [-0.25, -0.2) is 9.18 Å². The summed E-state index contributed by atoms with van der Waals surface area (Å²) in [7, 11) is 0. The van der Waals surface area contributed by atoms with Gasteiger partial charge in [0.15, 0.2) is 0 Å². The minimum absolute atomic E-state index is 0.0994. The number of aliphatic carboxylic acids is 1. The summed E-state index contributed by atoms with van der Waals surface area (Å²) in [5, 5.41) is 21.2. The molecule has 0 aromatic heterocycles. The van der Waals surface area contributed by atoms with Gasteiger partial charge in [0.05, 0.1) is 0 Å². The molecule has 0 radical (unpaired) electrons. The van der Waals surface area contributed by atoms with Crippen molar-refractivity contribution in [1.29, 1.82) is 0 Å². The van der Waals surface area contributed by atoms with Crippen LogP contribution in [0.3, 0.4) is 0 Å². The van der Waals surface area contributed by atoms with Crippen molar-refractivity contribution in [3.8, 4) is 0 Å². The van der Waals surface area contributed by atoms with Gasteiger partial charge in [-0.2, -0.15) is 0 Å². The number of aliphatic hydroxyl groups is 1. The number of carboxylic acids is 1. The molecular formula is C16H22FNO5. The number of aliphatic hydroxyl groups excluding tert-OH is 1. The molecule has 0 bridgehead atoms. The van der Waals surface area contributed by atoms with Gasteiger partial charge in [-0.3, -0.25) is 4.79 Å². The van der Waals surface area contributed by atoms with Crippen LogP contribution in [-0.2, 0) is 14.9 Å². The van der Waals surface area contributed by atoms with Gasteiger partial charge in [-0.05, 0) is 33.3 Å². The maximum Gasteiger partial charge on any atom is 0.407 e. The zero-order valence-corrected chi connectivity index (χ0v) is 13.4. The number of benzene rings is 1. The van der Waals surface area contributed by atoms with Crippen LogP contribution < -0.4 is 5.32 Å². The molecule has 7 heteroatoms. The molecule has 23 heavy (non-hydrogen) atoms. The van der Waals surface area contributed by atoms with Crippen molar-refractivity contribution in [2.75, 3.05) is 13.2 Å². The number of carboxylic acid groups (broad SMARTS) is 1. The number of alkyl carbamates (subject to hydrolysis) is 1. The van der Waals surface area contributed by atoms with E-state index in [1.807, 2.05) is 0 Å². The number of amides is 1. The van der Waals surface area contributed by atoms with Crippen LogP contribution in [0.2, 0.25) is 0 Å². The molecule has 0 fully saturated rings. The average Bonchev–Trinajstić information content (AvgIpc) is 2.42. The molecule has 6 nitrogen and oxygen atoms in total. The van der Waals surface area contributed by atoms with Gasteiger partial charge in [0, 0.05) is 18.7 Å². The lowest BCUT2D eigenvalue weighted by molar-refractivity contribution is -0.144. The lowest BCUT2D eigenvalue weighted by atomic mass is 9.77. The largest absolute Gasteiger partial charge is 0.481 e. The molecule has 0 saturated carbocycles. The second kappa shape index (κ2) is 7.41. The number of rotatable bonds is 6. The predicted molar refractivity (Wildman–Crippen MR) is 81.7 cm³/mol. The third-order valence-electron chi connectivity index (χ3n) is 3.27. The van der Waals surface area contributed by atoms with Crippen molar-refractivity contribution in [3.05, 3.63) is 35.6 Å². The van der Waals surface area contributed by atoms with Gasteiger partial charge >= 0.3 is 12.1 Å². The van der Waals surface area contributed by atoms with Crippen molar-refractivity contribution >= 4 is 12.1 Å². The first-order valence-electron chi connectivity index (χ1n) is 7.18. The van der Waals surface area contributed by atoms with Crippen LogP contribution in [0.5, 0.6) is 0 Å². The van der Waals surface area contributed by atoms with Crippen molar-refractivity contribution in [2.45, 2.75) is 38.2 Å². The van der Waals surface area contributed by atoms with Gasteiger partial charge in [0.25, 0.3) is 0 Å². The third kappa shape index (κ3) is 4.92. The highest BCUT2D eigenvalue weighted by molar-refractivity contribution is 5.83. The van der Waals surface area contributed by atoms with Crippen LogP contribution in [0.15, 0.2) is 24.3 Å². The molecule has 1 rings (SSSR count). The molecule has 1 aromatic rings. The number of halogens is 1. The Kier molecular flexibility index (Phi) is 6.09. The summed E-state index contributed by atoms with van der Waals surface area (Å²) in [5.41, 5.74) is -2.63. The fraction of sp³-hybridized carbons (Fsp3) is 0.500. The summed E-state index contributed by atoms with van der Waals surface area (Å²) in [5.74, 6) is -2.05. The molecular weight excluding hydrogens is 305 g/mol. The highest BCUT2D eigenvalue weighted by Crippen LogP contribution is 2.30. The van der Waals surface area contributed by atoms with Crippen LogP contribution in [0.25, 0.3) is 0 Å². The lowest BCUT2D eigenvalue weighted by Crippen LogP contribution is -2.48. The molecule has 0 heterocycles. The predicted octanol–water partition coefficient (Wildman–Crippen LogP) is 2.06. The number of hydrogen-bond acceptors (Lipinski definition) is 4. The molecule has 0 aliphatic carbocycles. The van der Waals surface area contributed by atoms with Crippen molar-refractivity contribution in [3.63, 3.8) is 0 Å². The molecule has 1 aromatic carbocycles. The van der Waals surface area contributed by atoms with Gasteiger partial charge < -0.3 is 20.3 Å². The fourth-order valence-electron chi connectivity index (χ4n) is 2.19. The molecule has 0 spiro atoms. The van der Waals surface area contributed by atoms with Gasteiger partial charge in [-0.1, -0.05) is 18.2 Å². The molecule has 1 amide bonds. The average molecular weight is 327 g/mol. The number of carbonyl (C=O) groups is 2. The first-order valence-corrected chi connectivity index (χ1v) is 7.18. The first-order chi connectivity index (χ1) is 10.6. The standard InChI is InChI=1S/C16H22FNO5/c1-15(2,3)23-14(22)18-10-16(8-9-19,13(20)21)11-6-4-5-7-12(11)17/h4-7,19H,8-10H2,1-3H3,(H,18,22)(H,20,21). The Morgan fingerprint density at radius 2 is 1.87 bits per heavy atom. The van der Waals surface area contributed by atoms with E-state index in [0.29, 0.717) is 0 Å². The first kappa shape index (κ1) is 18.9. The Hall–Kier alpha value is -2.15. The summed E-state index contributed by atoms with van der Waals surface area (Å²) < 4.78 is 19.1. The maximum atomic E-state index is 14.1. The molecule has 1 atom stereocenters. The summed E-state index contributed by atoms with van der Waals surface area (Å²) in [4.78, 5) is 23.6. The smallest absolute Gasteiger partial charge is 0.407 e. The summed E-state index contributed by atoms with van der Waals surface area (Å²) in [6, 6.07) is 5.40. The maximum absolute atomic E-state index is 14.1. The van der Waals surface area contributed by atoms with E-state index in [9.17, 15) is 24.2 Å². The zero-order chi connectivity index (χ0) is 17.7. The van der Waals surface area contributed by atoms with Crippen molar-refractivity contribution in [1.82, 2.24) is 5.32 Å². The third-order valence-corrected chi connectivity index (χ3v) is 3.27. The monoisotopic (exact) mass is 327 g/mol. The number of hydrogen-bond donors (Lipinski definition) is 3. The topological polar surface area (TPSA) is 95.9 Å². The zero-order valence-electron chi connectivity index (χ0n) is 13.4. The number of nitrogens with one attached hydrogen (secondary N) is 1. The van der Waals surface area contributed by atoms with Gasteiger partial charge in [-0.15, -0.1) is 0 Å². The second-order valence-corrected chi connectivity index (χ2v) is 6.20. The van der Waals surface area contributed by atoms with E-state index < -0.39 is 42.0 Å². The molecule has 128 valence electrons. The van der Waals surface area contributed by atoms with Crippen LogP contribution in [0, 0.1) is 5.82 Å². The van der Waals surface area contributed by atoms with Crippen molar-refractivity contribution < 1.29 is 28.9 Å². The Bertz CT molecular complexity index is 570. The van der Waals surface area contributed by atoms with E-state index in [-0.39, 0.29) is 12.0 Å². The van der Waals surface area contributed by atoms with E-state index in [2.05, 4.69) is 5.32 Å². The van der Waals surface area contributed by atoms with E-state index in [0.717, 1.165) is 6.07 Å². The van der Waals surface area contributed by atoms with Gasteiger partial charge in [0.2, 0.25) is 0 Å². The Morgan fingerprint density at radius 1 is 1.26 bits per heavy atom. The van der Waals surface area contributed by atoms with Gasteiger partial charge in [0.1, 0.15) is 16.8 Å². The lowest BCUT2D eigenvalue weighted by Gasteiger charge is -2.30. The van der Waals surface area contributed by atoms with E-state index >= 15 is 0 Å². The van der Waals surface area contributed by atoms with Crippen molar-refractivity contribution in [2.24, 2.45) is 0 Å². The van der Waals surface area contributed by atoms with Crippen LogP contribution in [-0.4, -0.2) is 41.0 Å². The quantitative estimate of drug-likeness (QED) is 0.743. The Labute approximate surface area is 134 Å². The number of ether oxygens (including phenoxy) is 1. The van der Waals surface area contributed by atoms with Crippen LogP contribution in [0.1, 0.15) is 32.8 Å².